The highest BCUT2D eigenvalue weighted by atomic mass is 19.1. The minimum Gasteiger partial charge on any atom is -0.365 e. The summed E-state index contributed by atoms with van der Waals surface area (Å²) in [5.41, 5.74) is 0.0452. The van der Waals surface area contributed by atoms with Gasteiger partial charge in [0.1, 0.15) is 23.1 Å². The maximum atomic E-state index is 14.0. The molecule has 3 heterocycles. The van der Waals surface area contributed by atoms with E-state index in [0.29, 0.717) is 25.6 Å². The molecule has 0 spiro atoms. The maximum Gasteiger partial charge on any atom is 0.191 e. The van der Waals surface area contributed by atoms with Gasteiger partial charge >= 0.3 is 0 Å². The van der Waals surface area contributed by atoms with Crippen LogP contribution in [0.15, 0.2) is 23.2 Å². The Labute approximate surface area is 156 Å². The van der Waals surface area contributed by atoms with Gasteiger partial charge in [-0.2, -0.15) is 0 Å². The molecule has 1 aromatic heterocycles. The van der Waals surface area contributed by atoms with Crippen LogP contribution in [0.5, 0.6) is 0 Å². The highest BCUT2D eigenvalue weighted by Gasteiger charge is 2.27. The predicted octanol–water partition coefficient (Wildman–Crippen LogP) is 1.45. The van der Waals surface area contributed by atoms with Crippen molar-refractivity contribution in [2.24, 2.45) is 4.99 Å². The van der Waals surface area contributed by atoms with Crippen molar-refractivity contribution in [3.63, 3.8) is 0 Å². The molecule has 4 rings (SSSR count). The lowest BCUT2D eigenvalue weighted by molar-refractivity contribution is 0.575. The van der Waals surface area contributed by atoms with Gasteiger partial charge in [0.05, 0.1) is 6.54 Å². The van der Waals surface area contributed by atoms with E-state index in [1.807, 2.05) is 0 Å². The lowest BCUT2D eigenvalue weighted by atomic mass is 10.2. The molecule has 27 heavy (non-hydrogen) atoms. The minimum atomic E-state index is -0.529. The standard InChI is InChI=1S/C18H23F2N7/c1-21-18(22-10-16-25-24-15-6-3-8-27(15)16)23-12-7-9-26(11-12)17-13(19)4-2-5-14(17)20/h2,4-5,12H,3,6-11H2,1H3,(H2,21,22,23). The fraction of sp³-hybridized carbons (Fsp3) is 0.500. The van der Waals surface area contributed by atoms with Crippen molar-refractivity contribution in [2.75, 3.05) is 25.0 Å². The summed E-state index contributed by atoms with van der Waals surface area (Å²) in [6.45, 7) is 2.59. The van der Waals surface area contributed by atoms with Gasteiger partial charge < -0.3 is 20.1 Å². The van der Waals surface area contributed by atoms with Gasteiger partial charge in [-0.3, -0.25) is 4.99 Å². The molecule has 144 valence electrons. The van der Waals surface area contributed by atoms with E-state index in [-0.39, 0.29) is 11.7 Å². The van der Waals surface area contributed by atoms with Gasteiger partial charge in [0.2, 0.25) is 0 Å². The van der Waals surface area contributed by atoms with Gasteiger partial charge in [-0.25, -0.2) is 8.78 Å². The number of nitrogens with one attached hydrogen (secondary N) is 2. The number of anilines is 1. The molecule has 1 fully saturated rings. The smallest absolute Gasteiger partial charge is 0.191 e. The van der Waals surface area contributed by atoms with Crippen molar-refractivity contribution in [1.82, 2.24) is 25.4 Å². The van der Waals surface area contributed by atoms with Crippen LogP contribution in [0, 0.1) is 11.6 Å². The van der Waals surface area contributed by atoms with Gasteiger partial charge in [-0.15, -0.1) is 10.2 Å². The summed E-state index contributed by atoms with van der Waals surface area (Å²) in [6.07, 6.45) is 2.86. The number of fused-ring (bicyclic) bond motifs is 1. The summed E-state index contributed by atoms with van der Waals surface area (Å²) < 4.78 is 30.1. The predicted molar refractivity (Wildman–Crippen MR) is 98.7 cm³/mol. The molecular weight excluding hydrogens is 352 g/mol. The molecule has 2 aliphatic heterocycles. The van der Waals surface area contributed by atoms with Crippen LogP contribution in [0.2, 0.25) is 0 Å². The topological polar surface area (TPSA) is 70.4 Å². The number of aromatic nitrogens is 3. The molecule has 2 N–H and O–H groups in total. The molecule has 9 heteroatoms. The summed E-state index contributed by atoms with van der Waals surface area (Å²) in [6, 6.07) is 4.01. The van der Waals surface area contributed by atoms with Crippen molar-refractivity contribution in [2.45, 2.75) is 38.4 Å². The first-order valence-electron chi connectivity index (χ1n) is 9.23. The number of halogens is 2. The first-order valence-corrected chi connectivity index (χ1v) is 9.23. The summed E-state index contributed by atoms with van der Waals surface area (Å²) >= 11 is 0. The molecule has 0 amide bonds. The van der Waals surface area contributed by atoms with E-state index in [0.717, 1.165) is 37.5 Å². The van der Waals surface area contributed by atoms with Crippen LogP contribution in [-0.4, -0.2) is 46.9 Å². The van der Waals surface area contributed by atoms with Gasteiger partial charge in [-0.1, -0.05) is 6.07 Å². The molecule has 0 aliphatic carbocycles. The number of hydrogen-bond donors (Lipinski definition) is 2. The van der Waals surface area contributed by atoms with Crippen molar-refractivity contribution >= 4 is 11.6 Å². The molecule has 1 atom stereocenters. The number of rotatable bonds is 4. The molecule has 7 nitrogen and oxygen atoms in total. The van der Waals surface area contributed by atoms with Gasteiger partial charge in [-0.05, 0) is 25.0 Å². The molecule has 1 saturated heterocycles. The van der Waals surface area contributed by atoms with Crippen LogP contribution in [0.25, 0.3) is 0 Å². The lowest BCUT2D eigenvalue weighted by Crippen LogP contribution is -2.44. The Morgan fingerprint density at radius 3 is 2.85 bits per heavy atom. The second-order valence-corrected chi connectivity index (χ2v) is 6.86. The second-order valence-electron chi connectivity index (χ2n) is 6.86. The fourth-order valence-electron chi connectivity index (χ4n) is 3.76. The van der Waals surface area contributed by atoms with E-state index in [4.69, 9.17) is 0 Å². The third kappa shape index (κ3) is 3.58. The lowest BCUT2D eigenvalue weighted by Gasteiger charge is -2.21. The van der Waals surface area contributed by atoms with E-state index in [1.165, 1.54) is 18.2 Å². The Hall–Kier alpha value is -2.71. The molecule has 0 bridgehead atoms. The molecule has 2 aliphatic rings. The maximum absolute atomic E-state index is 14.0. The Morgan fingerprint density at radius 2 is 2.07 bits per heavy atom. The van der Waals surface area contributed by atoms with Gasteiger partial charge in [0.25, 0.3) is 0 Å². The highest BCUT2D eigenvalue weighted by molar-refractivity contribution is 5.80. The normalized spacial score (nSPS) is 19.4. The van der Waals surface area contributed by atoms with Crippen molar-refractivity contribution in [1.29, 1.82) is 0 Å². The van der Waals surface area contributed by atoms with E-state index < -0.39 is 11.6 Å². The Morgan fingerprint density at radius 1 is 1.26 bits per heavy atom. The largest absolute Gasteiger partial charge is 0.365 e. The quantitative estimate of drug-likeness (QED) is 0.625. The molecule has 1 unspecified atom stereocenters. The Bertz CT molecular complexity index is 828. The first kappa shape index (κ1) is 17.7. The average Bonchev–Trinajstić information content (AvgIpc) is 3.36. The Balaban J connectivity index is 1.34. The zero-order valence-corrected chi connectivity index (χ0v) is 15.3. The zero-order chi connectivity index (χ0) is 18.8. The number of hydrogen-bond acceptors (Lipinski definition) is 4. The number of nitrogens with zero attached hydrogens (tertiary/aromatic N) is 5. The van der Waals surface area contributed by atoms with Gasteiger partial charge in [0.15, 0.2) is 11.8 Å². The summed E-state index contributed by atoms with van der Waals surface area (Å²) in [7, 11) is 1.70. The third-order valence-corrected chi connectivity index (χ3v) is 5.11. The van der Waals surface area contributed by atoms with Gasteiger partial charge in [0, 0.05) is 39.1 Å². The summed E-state index contributed by atoms with van der Waals surface area (Å²) in [4.78, 5) is 5.98. The molecule has 0 saturated carbocycles. The Kier molecular flexibility index (Phi) is 4.91. The molecule has 1 aromatic carbocycles. The molecule has 0 radical (unpaired) electrons. The van der Waals surface area contributed by atoms with Crippen LogP contribution in [-0.2, 0) is 19.5 Å². The van der Waals surface area contributed by atoms with Crippen LogP contribution in [0.4, 0.5) is 14.5 Å². The van der Waals surface area contributed by atoms with Crippen molar-refractivity contribution < 1.29 is 8.78 Å². The number of guanidine groups is 1. The first-order chi connectivity index (χ1) is 13.2. The summed E-state index contributed by atoms with van der Waals surface area (Å²) in [5, 5.41) is 15.0. The SMILES string of the molecule is CN=C(NCc1nnc2n1CCC2)NC1CCN(c2c(F)cccc2F)C1. The van der Waals surface area contributed by atoms with Crippen molar-refractivity contribution in [3.8, 4) is 0 Å². The number of aliphatic imine (C=N–C) groups is 1. The van der Waals surface area contributed by atoms with Crippen LogP contribution < -0.4 is 15.5 Å². The van der Waals surface area contributed by atoms with E-state index in [9.17, 15) is 8.78 Å². The van der Waals surface area contributed by atoms with Crippen LogP contribution in [0.3, 0.4) is 0 Å². The molecular formula is C18H23F2N7. The third-order valence-electron chi connectivity index (χ3n) is 5.11. The van der Waals surface area contributed by atoms with Crippen LogP contribution in [0.1, 0.15) is 24.5 Å². The average molecular weight is 375 g/mol. The molecule has 2 aromatic rings. The number of benzene rings is 1. The fourth-order valence-corrected chi connectivity index (χ4v) is 3.76. The van der Waals surface area contributed by atoms with E-state index in [1.54, 1.807) is 11.9 Å². The highest BCUT2D eigenvalue weighted by Crippen LogP contribution is 2.26. The van der Waals surface area contributed by atoms with Crippen molar-refractivity contribution in [3.05, 3.63) is 41.5 Å². The number of para-hydroxylation sites is 1. The van der Waals surface area contributed by atoms with E-state index >= 15 is 0 Å². The monoisotopic (exact) mass is 375 g/mol. The van der Waals surface area contributed by atoms with E-state index in [2.05, 4.69) is 30.4 Å². The number of aryl methyl sites for hydroxylation is 1. The van der Waals surface area contributed by atoms with Crippen LogP contribution >= 0.6 is 0 Å². The summed E-state index contributed by atoms with van der Waals surface area (Å²) in [5.74, 6) is 1.52. The second kappa shape index (κ2) is 7.50. The minimum absolute atomic E-state index is 0.0452. The zero-order valence-electron chi connectivity index (χ0n) is 15.3.